The third-order valence-electron chi connectivity index (χ3n) is 2.05. The predicted molar refractivity (Wildman–Crippen MR) is 58.9 cm³/mol. The van der Waals surface area contributed by atoms with E-state index in [2.05, 4.69) is 0 Å². The highest BCUT2D eigenvalue weighted by Gasteiger charge is 2.11. The Morgan fingerprint density at radius 1 is 1.36 bits per heavy atom. The van der Waals surface area contributed by atoms with Gasteiger partial charge < -0.3 is 15.9 Å². The summed E-state index contributed by atoms with van der Waals surface area (Å²) in [5, 5.41) is 18.7. The molecule has 4 heteroatoms. The minimum absolute atomic E-state index is 0. The normalized spacial score (nSPS) is 11.9. The maximum Gasteiger partial charge on any atom is 0.162 e. The molecule has 1 aromatic carbocycles. The standard InChI is InChI=1S/C10H15NO2.ClH/c1-2-4-8(11)7-5-3-6-9(12)10(7)13;/h3,5-6,8,12-13H,2,4,11H2,1H3;1H/t8-;/m1./s1. The number of rotatable bonds is 3. The van der Waals surface area contributed by atoms with Crippen LogP contribution >= 0.6 is 12.4 Å². The molecule has 0 amide bonds. The van der Waals surface area contributed by atoms with Gasteiger partial charge in [-0.15, -0.1) is 12.4 Å². The van der Waals surface area contributed by atoms with Gasteiger partial charge in [-0.25, -0.2) is 0 Å². The van der Waals surface area contributed by atoms with Crippen LogP contribution in [0, 0.1) is 0 Å². The van der Waals surface area contributed by atoms with Crippen LogP contribution < -0.4 is 5.73 Å². The van der Waals surface area contributed by atoms with E-state index in [0.29, 0.717) is 5.56 Å². The molecule has 1 rings (SSSR count). The average Bonchev–Trinajstić information content (AvgIpc) is 2.10. The Balaban J connectivity index is 0.00000169. The van der Waals surface area contributed by atoms with E-state index in [1.165, 1.54) is 6.07 Å². The van der Waals surface area contributed by atoms with Gasteiger partial charge in [0.05, 0.1) is 0 Å². The molecule has 1 atom stereocenters. The lowest BCUT2D eigenvalue weighted by atomic mass is 10.0. The van der Waals surface area contributed by atoms with Gasteiger partial charge in [-0.1, -0.05) is 25.5 Å². The fraction of sp³-hybridized carbons (Fsp3) is 0.400. The van der Waals surface area contributed by atoms with Crippen LogP contribution in [0.25, 0.3) is 0 Å². The molecule has 4 N–H and O–H groups in total. The van der Waals surface area contributed by atoms with Crippen molar-refractivity contribution in [3.8, 4) is 11.5 Å². The van der Waals surface area contributed by atoms with Crippen LogP contribution in [0.5, 0.6) is 11.5 Å². The number of hydrogen-bond acceptors (Lipinski definition) is 3. The molecule has 80 valence electrons. The van der Waals surface area contributed by atoms with Crippen molar-refractivity contribution >= 4 is 12.4 Å². The molecule has 0 saturated carbocycles. The molecule has 0 bridgehead atoms. The average molecular weight is 218 g/mol. The first kappa shape index (κ1) is 13.1. The summed E-state index contributed by atoms with van der Waals surface area (Å²) in [6.07, 6.45) is 1.76. The van der Waals surface area contributed by atoms with Crippen molar-refractivity contribution in [2.45, 2.75) is 25.8 Å². The van der Waals surface area contributed by atoms with Gasteiger partial charge in [-0.05, 0) is 12.5 Å². The van der Waals surface area contributed by atoms with Crippen molar-refractivity contribution in [3.05, 3.63) is 23.8 Å². The third kappa shape index (κ3) is 2.79. The Morgan fingerprint density at radius 3 is 2.57 bits per heavy atom. The zero-order chi connectivity index (χ0) is 9.84. The number of para-hydroxylation sites is 1. The number of hydrogen-bond donors (Lipinski definition) is 3. The Labute approximate surface area is 90.0 Å². The van der Waals surface area contributed by atoms with E-state index in [1.807, 2.05) is 6.92 Å². The van der Waals surface area contributed by atoms with E-state index in [4.69, 9.17) is 5.73 Å². The molecule has 0 aromatic heterocycles. The number of benzene rings is 1. The summed E-state index contributed by atoms with van der Waals surface area (Å²) in [5.41, 5.74) is 6.42. The van der Waals surface area contributed by atoms with Crippen molar-refractivity contribution in [3.63, 3.8) is 0 Å². The first-order chi connectivity index (χ1) is 6.16. The van der Waals surface area contributed by atoms with Crippen LogP contribution in [0.2, 0.25) is 0 Å². The molecule has 1 aromatic rings. The van der Waals surface area contributed by atoms with E-state index in [1.54, 1.807) is 12.1 Å². The molecular weight excluding hydrogens is 202 g/mol. The van der Waals surface area contributed by atoms with Gasteiger partial charge >= 0.3 is 0 Å². The zero-order valence-electron chi connectivity index (χ0n) is 8.10. The highest BCUT2D eigenvalue weighted by Crippen LogP contribution is 2.32. The number of nitrogens with two attached hydrogens (primary N) is 1. The Kier molecular flexibility index (Phi) is 5.35. The summed E-state index contributed by atoms with van der Waals surface area (Å²) in [6.45, 7) is 2.03. The van der Waals surface area contributed by atoms with Crippen molar-refractivity contribution in [2.75, 3.05) is 0 Å². The Hall–Kier alpha value is -0.930. The maximum absolute atomic E-state index is 9.46. The van der Waals surface area contributed by atoms with Crippen LogP contribution in [0.15, 0.2) is 18.2 Å². The quantitative estimate of drug-likeness (QED) is 0.681. The highest BCUT2D eigenvalue weighted by atomic mass is 35.5. The van der Waals surface area contributed by atoms with Crippen molar-refractivity contribution in [1.82, 2.24) is 0 Å². The topological polar surface area (TPSA) is 66.5 Å². The van der Waals surface area contributed by atoms with Crippen molar-refractivity contribution in [2.24, 2.45) is 5.73 Å². The summed E-state index contributed by atoms with van der Waals surface area (Å²) in [6, 6.07) is 4.66. The Bertz CT molecular complexity index is 291. The van der Waals surface area contributed by atoms with Crippen LogP contribution in [0.1, 0.15) is 31.4 Å². The van der Waals surface area contributed by atoms with Gasteiger partial charge in [0.2, 0.25) is 0 Å². The monoisotopic (exact) mass is 217 g/mol. The minimum atomic E-state index is -0.197. The molecule has 14 heavy (non-hydrogen) atoms. The SMILES string of the molecule is CCC[C@@H](N)c1cccc(O)c1O.Cl. The lowest BCUT2D eigenvalue weighted by Crippen LogP contribution is -2.09. The largest absolute Gasteiger partial charge is 0.504 e. The maximum atomic E-state index is 9.46. The van der Waals surface area contributed by atoms with E-state index in [9.17, 15) is 10.2 Å². The van der Waals surface area contributed by atoms with E-state index >= 15 is 0 Å². The molecule has 0 radical (unpaired) electrons. The lowest BCUT2D eigenvalue weighted by molar-refractivity contribution is 0.394. The summed E-state index contributed by atoms with van der Waals surface area (Å²) < 4.78 is 0. The van der Waals surface area contributed by atoms with Gasteiger partial charge in [0.1, 0.15) is 0 Å². The number of phenolic OH excluding ortho intramolecular Hbond substituents is 2. The van der Waals surface area contributed by atoms with E-state index in [0.717, 1.165) is 12.8 Å². The van der Waals surface area contributed by atoms with Crippen molar-refractivity contribution in [1.29, 1.82) is 0 Å². The first-order valence-corrected chi connectivity index (χ1v) is 4.43. The van der Waals surface area contributed by atoms with Gasteiger partial charge in [-0.2, -0.15) is 0 Å². The molecule has 0 heterocycles. The molecule has 0 aliphatic rings. The fourth-order valence-corrected chi connectivity index (χ4v) is 1.31. The summed E-state index contributed by atoms with van der Waals surface area (Å²) in [4.78, 5) is 0. The van der Waals surface area contributed by atoms with Gasteiger partial charge in [0.25, 0.3) is 0 Å². The van der Waals surface area contributed by atoms with Crippen molar-refractivity contribution < 1.29 is 10.2 Å². The predicted octanol–water partition coefficient (Wildman–Crippen LogP) is 2.32. The molecule has 0 aliphatic heterocycles. The van der Waals surface area contributed by atoms with Crippen LogP contribution in [-0.4, -0.2) is 10.2 Å². The molecular formula is C10H16ClNO2. The van der Waals surface area contributed by atoms with Gasteiger partial charge in [-0.3, -0.25) is 0 Å². The number of aromatic hydroxyl groups is 2. The molecule has 0 unspecified atom stereocenters. The number of phenols is 2. The fourth-order valence-electron chi connectivity index (χ4n) is 1.31. The molecule has 3 nitrogen and oxygen atoms in total. The number of halogens is 1. The van der Waals surface area contributed by atoms with E-state index < -0.39 is 0 Å². The first-order valence-electron chi connectivity index (χ1n) is 4.43. The Morgan fingerprint density at radius 2 is 2.00 bits per heavy atom. The molecule has 0 spiro atoms. The zero-order valence-corrected chi connectivity index (χ0v) is 8.92. The molecule has 0 saturated heterocycles. The second-order valence-corrected chi connectivity index (χ2v) is 3.11. The summed E-state index contributed by atoms with van der Waals surface area (Å²) in [5.74, 6) is -0.201. The van der Waals surface area contributed by atoms with Crippen LogP contribution in [0.3, 0.4) is 0 Å². The minimum Gasteiger partial charge on any atom is -0.504 e. The second kappa shape index (κ2) is 5.73. The summed E-state index contributed by atoms with van der Waals surface area (Å²) >= 11 is 0. The van der Waals surface area contributed by atoms with E-state index in [-0.39, 0.29) is 29.9 Å². The van der Waals surface area contributed by atoms with Gasteiger partial charge in [0.15, 0.2) is 11.5 Å². The second-order valence-electron chi connectivity index (χ2n) is 3.11. The molecule has 0 fully saturated rings. The third-order valence-corrected chi connectivity index (χ3v) is 2.05. The van der Waals surface area contributed by atoms with Gasteiger partial charge in [0, 0.05) is 11.6 Å². The molecule has 0 aliphatic carbocycles. The highest BCUT2D eigenvalue weighted by molar-refractivity contribution is 5.85. The van der Waals surface area contributed by atoms with Crippen LogP contribution in [0.4, 0.5) is 0 Å². The smallest absolute Gasteiger partial charge is 0.162 e. The summed E-state index contributed by atoms with van der Waals surface area (Å²) in [7, 11) is 0. The van der Waals surface area contributed by atoms with Crippen LogP contribution in [-0.2, 0) is 0 Å². The lowest BCUT2D eigenvalue weighted by Gasteiger charge is -2.12.